The van der Waals surface area contributed by atoms with Crippen LogP contribution >= 0.6 is 11.6 Å². The fourth-order valence-electron chi connectivity index (χ4n) is 1.24. The van der Waals surface area contributed by atoms with Crippen molar-refractivity contribution in [1.82, 2.24) is 5.32 Å². The molecule has 15 heavy (non-hydrogen) atoms. The van der Waals surface area contributed by atoms with Gasteiger partial charge in [0.2, 0.25) is 0 Å². The van der Waals surface area contributed by atoms with Crippen molar-refractivity contribution >= 4 is 17.5 Å². The Morgan fingerprint density at radius 1 is 1.67 bits per heavy atom. The second kappa shape index (κ2) is 5.81. The van der Waals surface area contributed by atoms with Gasteiger partial charge in [0.05, 0.1) is 6.26 Å². The van der Waals surface area contributed by atoms with E-state index >= 15 is 0 Å². The monoisotopic (exact) mass is 229 g/mol. The molecule has 0 bridgehead atoms. The molecule has 1 aromatic heterocycles. The normalized spacial score (nSPS) is 12.5. The van der Waals surface area contributed by atoms with E-state index in [4.69, 9.17) is 16.0 Å². The van der Waals surface area contributed by atoms with Gasteiger partial charge in [0.15, 0.2) is 5.76 Å². The molecule has 84 valence electrons. The zero-order valence-electron chi connectivity index (χ0n) is 9.05. The molecule has 1 unspecified atom stereocenters. The van der Waals surface area contributed by atoms with Crippen LogP contribution in [0, 0.1) is 12.8 Å². The summed E-state index contributed by atoms with van der Waals surface area (Å²) in [6.07, 6.45) is 2.42. The third-order valence-electron chi connectivity index (χ3n) is 2.28. The number of carbonyl (C=O) groups is 1. The molecule has 4 heteroatoms. The Labute approximate surface area is 94.8 Å². The predicted molar refractivity (Wildman–Crippen MR) is 60.3 cm³/mol. The molecule has 0 saturated heterocycles. The van der Waals surface area contributed by atoms with Crippen molar-refractivity contribution < 1.29 is 9.21 Å². The SMILES string of the molecule is Cc1ccoc1C(=O)NCC(C)CCCl. The van der Waals surface area contributed by atoms with Crippen LogP contribution in [0.15, 0.2) is 16.7 Å². The lowest BCUT2D eigenvalue weighted by atomic mass is 10.1. The maximum absolute atomic E-state index is 11.6. The standard InChI is InChI=1S/C11H16ClNO2/c1-8(3-5-12)7-13-11(14)10-9(2)4-6-15-10/h4,6,8H,3,5,7H2,1-2H3,(H,13,14). The van der Waals surface area contributed by atoms with Crippen molar-refractivity contribution in [2.45, 2.75) is 20.3 Å². The summed E-state index contributed by atoms with van der Waals surface area (Å²) in [7, 11) is 0. The molecule has 0 aliphatic heterocycles. The third-order valence-corrected chi connectivity index (χ3v) is 2.50. The van der Waals surface area contributed by atoms with E-state index in [1.165, 1.54) is 6.26 Å². The lowest BCUT2D eigenvalue weighted by molar-refractivity contribution is 0.0919. The van der Waals surface area contributed by atoms with Crippen LogP contribution in [0.25, 0.3) is 0 Å². The van der Waals surface area contributed by atoms with Gasteiger partial charge in [-0.15, -0.1) is 11.6 Å². The minimum atomic E-state index is -0.154. The number of amides is 1. The number of rotatable bonds is 5. The molecule has 1 N–H and O–H groups in total. The summed E-state index contributed by atoms with van der Waals surface area (Å²) in [6.45, 7) is 4.53. The Bertz CT molecular complexity index is 322. The lowest BCUT2D eigenvalue weighted by Crippen LogP contribution is -2.28. The molecule has 1 heterocycles. The maximum Gasteiger partial charge on any atom is 0.287 e. The van der Waals surface area contributed by atoms with Crippen LogP contribution in [0.3, 0.4) is 0 Å². The number of hydrogen-bond acceptors (Lipinski definition) is 2. The number of aryl methyl sites for hydroxylation is 1. The summed E-state index contributed by atoms with van der Waals surface area (Å²) >= 11 is 5.61. The van der Waals surface area contributed by atoms with E-state index in [1.54, 1.807) is 6.07 Å². The molecular formula is C11H16ClNO2. The molecule has 0 radical (unpaired) electrons. The van der Waals surface area contributed by atoms with Crippen LogP contribution in [0.2, 0.25) is 0 Å². The number of furan rings is 1. The highest BCUT2D eigenvalue weighted by Crippen LogP contribution is 2.08. The molecule has 0 saturated carbocycles. The van der Waals surface area contributed by atoms with Crippen molar-refractivity contribution in [1.29, 1.82) is 0 Å². The van der Waals surface area contributed by atoms with Crippen molar-refractivity contribution in [3.8, 4) is 0 Å². The van der Waals surface area contributed by atoms with Gasteiger partial charge < -0.3 is 9.73 Å². The first kappa shape index (κ1) is 12.1. The van der Waals surface area contributed by atoms with Crippen LogP contribution in [-0.4, -0.2) is 18.3 Å². The molecule has 0 aliphatic rings. The van der Waals surface area contributed by atoms with Gasteiger partial charge >= 0.3 is 0 Å². The number of nitrogens with one attached hydrogen (secondary N) is 1. The first-order valence-corrected chi connectivity index (χ1v) is 5.57. The Morgan fingerprint density at radius 3 is 2.93 bits per heavy atom. The molecular weight excluding hydrogens is 214 g/mol. The van der Waals surface area contributed by atoms with Crippen LogP contribution in [0.4, 0.5) is 0 Å². The van der Waals surface area contributed by atoms with E-state index < -0.39 is 0 Å². The van der Waals surface area contributed by atoms with Crippen LogP contribution in [0.1, 0.15) is 29.5 Å². The molecule has 0 aromatic carbocycles. The van der Waals surface area contributed by atoms with Crippen LogP contribution < -0.4 is 5.32 Å². The molecule has 1 atom stereocenters. The Hall–Kier alpha value is -0.960. The van der Waals surface area contributed by atoms with E-state index in [0.29, 0.717) is 24.1 Å². The first-order chi connectivity index (χ1) is 7.15. The molecule has 1 amide bonds. The summed E-state index contributed by atoms with van der Waals surface area (Å²) in [6, 6.07) is 1.77. The Morgan fingerprint density at radius 2 is 2.40 bits per heavy atom. The summed E-state index contributed by atoms with van der Waals surface area (Å²) in [5, 5.41) is 2.82. The van der Waals surface area contributed by atoms with E-state index in [2.05, 4.69) is 12.2 Å². The highest BCUT2D eigenvalue weighted by atomic mass is 35.5. The third kappa shape index (κ3) is 3.59. The predicted octanol–water partition coefficient (Wildman–Crippen LogP) is 2.58. The maximum atomic E-state index is 11.6. The van der Waals surface area contributed by atoms with Gasteiger partial charge in [0.25, 0.3) is 5.91 Å². The topological polar surface area (TPSA) is 42.2 Å². The first-order valence-electron chi connectivity index (χ1n) is 5.03. The number of alkyl halides is 1. The van der Waals surface area contributed by atoms with E-state index in [9.17, 15) is 4.79 Å². The summed E-state index contributed by atoms with van der Waals surface area (Å²) < 4.78 is 5.08. The molecule has 0 spiro atoms. The van der Waals surface area contributed by atoms with E-state index in [0.717, 1.165) is 12.0 Å². The summed E-state index contributed by atoms with van der Waals surface area (Å²) in [5.74, 6) is 1.25. The van der Waals surface area contributed by atoms with E-state index in [-0.39, 0.29) is 5.91 Å². The highest BCUT2D eigenvalue weighted by Gasteiger charge is 2.12. The van der Waals surface area contributed by atoms with Gasteiger partial charge in [-0.05, 0) is 25.3 Å². The quantitative estimate of drug-likeness (QED) is 0.789. The zero-order chi connectivity index (χ0) is 11.3. The molecule has 3 nitrogen and oxygen atoms in total. The second-order valence-corrected chi connectivity index (χ2v) is 4.10. The number of carbonyl (C=O) groups excluding carboxylic acids is 1. The van der Waals surface area contributed by atoms with Gasteiger partial charge in [-0.2, -0.15) is 0 Å². The fraction of sp³-hybridized carbons (Fsp3) is 0.545. The molecule has 1 rings (SSSR count). The molecule has 0 fully saturated rings. The average molecular weight is 230 g/mol. The largest absolute Gasteiger partial charge is 0.459 e. The minimum Gasteiger partial charge on any atom is -0.459 e. The van der Waals surface area contributed by atoms with Gasteiger partial charge in [-0.1, -0.05) is 6.92 Å². The lowest BCUT2D eigenvalue weighted by Gasteiger charge is -2.10. The summed E-state index contributed by atoms with van der Waals surface area (Å²) in [5.41, 5.74) is 0.859. The molecule has 0 aliphatic carbocycles. The van der Waals surface area contributed by atoms with Gasteiger partial charge in [0.1, 0.15) is 0 Å². The van der Waals surface area contributed by atoms with Crippen molar-refractivity contribution in [2.75, 3.05) is 12.4 Å². The second-order valence-electron chi connectivity index (χ2n) is 3.73. The fourth-order valence-corrected chi connectivity index (χ4v) is 1.61. The Kier molecular flexibility index (Phi) is 4.69. The van der Waals surface area contributed by atoms with Gasteiger partial charge in [0, 0.05) is 18.0 Å². The van der Waals surface area contributed by atoms with Crippen LogP contribution in [-0.2, 0) is 0 Å². The Balaban J connectivity index is 2.40. The summed E-state index contributed by atoms with van der Waals surface area (Å²) in [4.78, 5) is 11.6. The highest BCUT2D eigenvalue weighted by molar-refractivity contribution is 6.17. The van der Waals surface area contributed by atoms with Crippen molar-refractivity contribution in [2.24, 2.45) is 5.92 Å². The van der Waals surface area contributed by atoms with Gasteiger partial charge in [-0.3, -0.25) is 4.79 Å². The number of hydrogen-bond donors (Lipinski definition) is 1. The average Bonchev–Trinajstić information content (AvgIpc) is 2.61. The number of halogens is 1. The smallest absolute Gasteiger partial charge is 0.287 e. The van der Waals surface area contributed by atoms with E-state index in [1.807, 2.05) is 6.92 Å². The van der Waals surface area contributed by atoms with Crippen LogP contribution in [0.5, 0.6) is 0 Å². The van der Waals surface area contributed by atoms with Crippen molar-refractivity contribution in [3.63, 3.8) is 0 Å². The van der Waals surface area contributed by atoms with Gasteiger partial charge in [-0.25, -0.2) is 0 Å². The zero-order valence-corrected chi connectivity index (χ0v) is 9.80. The molecule has 1 aromatic rings. The minimum absolute atomic E-state index is 0.154. The van der Waals surface area contributed by atoms with Crippen molar-refractivity contribution in [3.05, 3.63) is 23.7 Å².